The Bertz CT molecular complexity index is 742. The Balaban J connectivity index is 2.04. The van der Waals surface area contributed by atoms with Crippen LogP contribution in [-0.4, -0.2) is 43.2 Å². The highest BCUT2D eigenvalue weighted by atomic mass is 16.6. The van der Waals surface area contributed by atoms with Crippen molar-refractivity contribution in [2.45, 2.75) is 19.4 Å². The third-order valence-corrected chi connectivity index (χ3v) is 3.50. The van der Waals surface area contributed by atoms with Crippen LogP contribution in [0, 0.1) is 0 Å². The van der Waals surface area contributed by atoms with Crippen LogP contribution in [0.3, 0.4) is 0 Å². The van der Waals surface area contributed by atoms with Gasteiger partial charge in [-0.25, -0.2) is 4.98 Å². The third kappa shape index (κ3) is 5.59. The van der Waals surface area contributed by atoms with Crippen molar-refractivity contribution < 1.29 is 19.1 Å². The van der Waals surface area contributed by atoms with E-state index in [4.69, 9.17) is 9.47 Å². The monoisotopic (exact) mass is 340 g/mol. The van der Waals surface area contributed by atoms with Gasteiger partial charge in [-0.15, -0.1) is 0 Å². The molecule has 1 atom stereocenters. The number of nitrogens with zero attached hydrogens (tertiary/aromatic N) is 2. The first kappa shape index (κ1) is 18.4. The van der Waals surface area contributed by atoms with E-state index in [0.29, 0.717) is 11.4 Å². The average Bonchev–Trinajstić information content (AvgIpc) is 2.67. The van der Waals surface area contributed by atoms with E-state index in [2.05, 4.69) is 16.4 Å². The van der Waals surface area contributed by atoms with E-state index < -0.39 is 5.97 Å². The van der Waals surface area contributed by atoms with Gasteiger partial charge in [0, 0.05) is 31.5 Å². The molecule has 0 aliphatic heterocycles. The second-order valence-electron chi connectivity index (χ2n) is 5.35. The summed E-state index contributed by atoms with van der Waals surface area (Å²) in [6, 6.07) is 5.26. The van der Waals surface area contributed by atoms with Gasteiger partial charge in [-0.3, -0.25) is 14.5 Å². The Morgan fingerprint density at radius 3 is 2.80 bits per heavy atom. The Hall–Kier alpha value is -2.91. The van der Waals surface area contributed by atoms with Crippen molar-refractivity contribution in [2.24, 2.45) is 0 Å². The number of amides is 1. The minimum absolute atomic E-state index is 0.0570. The van der Waals surface area contributed by atoms with Crippen LogP contribution in [0.5, 0.6) is 0 Å². The number of pyridine rings is 1. The van der Waals surface area contributed by atoms with Crippen LogP contribution in [0.25, 0.3) is 0 Å². The SMILES string of the molecule is CO[C@@H](C)COC(=O)CCN(C(=O)C1=CC=C=C=C1)c1ccccn1. The first-order valence-corrected chi connectivity index (χ1v) is 7.91. The summed E-state index contributed by atoms with van der Waals surface area (Å²) >= 11 is 0. The number of hydrogen-bond donors (Lipinski definition) is 0. The molecule has 130 valence electrons. The number of aromatic nitrogens is 1. The summed E-state index contributed by atoms with van der Waals surface area (Å²) in [6.07, 6.45) is 6.29. The van der Waals surface area contributed by atoms with Gasteiger partial charge < -0.3 is 9.47 Å². The number of carbonyl (C=O) groups is 2. The van der Waals surface area contributed by atoms with Crippen LogP contribution in [0.2, 0.25) is 0 Å². The Morgan fingerprint density at radius 2 is 2.16 bits per heavy atom. The molecule has 6 nitrogen and oxygen atoms in total. The molecule has 25 heavy (non-hydrogen) atoms. The van der Waals surface area contributed by atoms with E-state index in [-0.39, 0.29) is 31.6 Å². The largest absolute Gasteiger partial charge is 0.463 e. The smallest absolute Gasteiger partial charge is 0.307 e. The summed E-state index contributed by atoms with van der Waals surface area (Å²) in [7, 11) is 1.55. The topological polar surface area (TPSA) is 68.7 Å². The lowest BCUT2D eigenvalue weighted by Gasteiger charge is -2.22. The first-order chi connectivity index (χ1) is 12.1. The zero-order valence-electron chi connectivity index (χ0n) is 14.3. The molecule has 1 aliphatic carbocycles. The molecule has 1 heterocycles. The van der Waals surface area contributed by atoms with Crippen LogP contribution in [0.15, 0.2) is 59.7 Å². The summed E-state index contributed by atoms with van der Waals surface area (Å²) in [5.41, 5.74) is 5.96. The Kier molecular flexibility index (Phi) is 6.93. The molecule has 0 N–H and O–H groups in total. The number of anilines is 1. The summed E-state index contributed by atoms with van der Waals surface area (Å²) in [4.78, 5) is 30.3. The van der Waals surface area contributed by atoms with Crippen molar-refractivity contribution >= 4 is 17.7 Å². The quantitative estimate of drug-likeness (QED) is 0.536. The summed E-state index contributed by atoms with van der Waals surface area (Å²) in [5.74, 6) is -0.189. The molecule has 0 saturated heterocycles. The lowest BCUT2D eigenvalue weighted by molar-refractivity contribution is -0.146. The molecule has 6 heteroatoms. The number of carbonyl (C=O) groups excluding carboxylic acids is 2. The van der Waals surface area contributed by atoms with E-state index in [1.165, 1.54) is 4.90 Å². The molecule has 2 rings (SSSR count). The van der Waals surface area contributed by atoms with Crippen molar-refractivity contribution in [3.05, 3.63) is 59.7 Å². The van der Waals surface area contributed by atoms with Gasteiger partial charge in [-0.2, -0.15) is 0 Å². The fourth-order valence-corrected chi connectivity index (χ4v) is 2.02. The maximum atomic E-state index is 12.8. The number of ether oxygens (including phenoxy) is 2. The number of hydrogen-bond acceptors (Lipinski definition) is 5. The molecule has 0 radical (unpaired) electrons. The minimum atomic E-state index is -0.398. The van der Waals surface area contributed by atoms with Crippen LogP contribution < -0.4 is 4.90 Å². The fourth-order valence-electron chi connectivity index (χ4n) is 2.02. The maximum Gasteiger partial charge on any atom is 0.307 e. The molecular weight excluding hydrogens is 320 g/mol. The first-order valence-electron chi connectivity index (χ1n) is 7.91. The summed E-state index contributed by atoms with van der Waals surface area (Å²) in [6.45, 7) is 2.14. The molecular formula is C19H20N2O4. The Morgan fingerprint density at radius 1 is 1.32 bits per heavy atom. The van der Waals surface area contributed by atoms with Gasteiger partial charge in [-0.05, 0) is 31.2 Å². The van der Waals surface area contributed by atoms with Crippen molar-refractivity contribution in [3.8, 4) is 0 Å². The van der Waals surface area contributed by atoms with E-state index >= 15 is 0 Å². The molecule has 0 unspecified atom stereocenters. The van der Waals surface area contributed by atoms with Gasteiger partial charge >= 0.3 is 5.97 Å². The summed E-state index contributed by atoms with van der Waals surface area (Å²) < 4.78 is 10.2. The van der Waals surface area contributed by atoms with Crippen LogP contribution in [-0.2, 0) is 19.1 Å². The zero-order valence-corrected chi connectivity index (χ0v) is 14.3. The highest BCUT2D eigenvalue weighted by Gasteiger charge is 2.21. The van der Waals surface area contributed by atoms with Gasteiger partial charge in [0.05, 0.1) is 12.5 Å². The standard InChI is InChI=1S/C19H20N2O4/c1-15(24-2)14-25-18(22)11-13-21(17-10-6-7-12-20-17)19(23)16-8-4-3-5-9-16/h4,6-10,12,15H,11,13-14H2,1-2H3/t15-/m0/s1. The Labute approximate surface area is 146 Å². The van der Waals surface area contributed by atoms with Gasteiger partial charge in [0.1, 0.15) is 12.4 Å². The molecule has 0 aromatic carbocycles. The minimum Gasteiger partial charge on any atom is -0.463 e. The molecule has 1 aliphatic rings. The van der Waals surface area contributed by atoms with E-state index in [9.17, 15) is 9.59 Å². The van der Waals surface area contributed by atoms with Crippen LogP contribution in [0.1, 0.15) is 13.3 Å². The lowest BCUT2D eigenvalue weighted by Crippen LogP contribution is -2.35. The van der Waals surface area contributed by atoms with E-state index in [1.807, 2.05) is 0 Å². The number of esters is 1. The maximum absolute atomic E-state index is 12.8. The predicted octanol–water partition coefficient (Wildman–Crippen LogP) is 2.19. The lowest BCUT2D eigenvalue weighted by atomic mass is 10.1. The molecule has 0 fully saturated rings. The summed E-state index contributed by atoms with van der Waals surface area (Å²) in [5, 5.41) is 0. The highest BCUT2D eigenvalue weighted by Crippen LogP contribution is 2.15. The van der Waals surface area contributed by atoms with Gasteiger partial charge in [0.2, 0.25) is 0 Å². The average molecular weight is 340 g/mol. The number of rotatable bonds is 8. The van der Waals surface area contributed by atoms with Crippen molar-refractivity contribution in [1.29, 1.82) is 0 Å². The van der Waals surface area contributed by atoms with Gasteiger partial charge in [0.15, 0.2) is 0 Å². The van der Waals surface area contributed by atoms with Crippen molar-refractivity contribution in [3.63, 3.8) is 0 Å². The molecule has 1 aromatic rings. The molecule has 0 bridgehead atoms. The number of allylic oxidation sites excluding steroid dienone is 2. The zero-order chi connectivity index (χ0) is 18.1. The normalized spacial score (nSPS) is 13.3. The highest BCUT2D eigenvalue weighted by molar-refractivity contribution is 6.07. The van der Waals surface area contributed by atoms with E-state index in [0.717, 1.165) is 0 Å². The van der Waals surface area contributed by atoms with Gasteiger partial charge in [0.25, 0.3) is 5.91 Å². The third-order valence-electron chi connectivity index (χ3n) is 3.50. The number of methoxy groups -OCH3 is 1. The second kappa shape index (κ2) is 9.40. The van der Waals surface area contributed by atoms with Crippen molar-refractivity contribution in [1.82, 2.24) is 4.98 Å². The van der Waals surface area contributed by atoms with Crippen molar-refractivity contribution in [2.75, 3.05) is 25.2 Å². The van der Waals surface area contributed by atoms with Gasteiger partial charge in [-0.1, -0.05) is 17.5 Å². The molecule has 1 amide bonds. The molecule has 0 saturated carbocycles. The molecule has 0 spiro atoms. The molecule has 1 aromatic heterocycles. The van der Waals surface area contributed by atoms with Crippen LogP contribution >= 0.6 is 0 Å². The van der Waals surface area contributed by atoms with Crippen LogP contribution in [0.4, 0.5) is 5.82 Å². The van der Waals surface area contributed by atoms with E-state index in [1.54, 1.807) is 56.7 Å². The predicted molar refractivity (Wildman–Crippen MR) is 92.9 cm³/mol. The fraction of sp³-hybridized carbons (Fsp3) is 0.316. The second-order valence-corrected chi connectivity index (χ2v) is 5.35.